The summed E-state index contributed by atoms with van der Waals surface area (Å²) in [6.45, 7) is 3.42. The molecule has 130 valence electrons. The molecular weight excluding hydrogens is 313 g/mol. The summed E-state index contributed by atoms with van der Waals surface area (Å²) < 4.78 is 24.0. The van der Waals surface area contributed by atoms with E-state index in [-0.39, 0.29) is 25.1 Å². The minimum atomic E-state index is -0.648. The van der Waals surface area contributed by atoms with Gasteiger partial charge in [-0.25, -0.2) is 4.39 Å². The van der Waals surface area contributed by atoms with Crippen LogP contribution in [-0.4, -0.2) is 45.9 Å². The van der Waals surface area contributed by atoms with E-state index in [1.807, 2.05) is 0 Å². The average molecular weight is 335 g/mol. The van der Waals surface area contributed by atoms with Gasteiger partial charge in [-0.15, -0.1) is 0 Å². The van der Waals surface area contributed by atoms with E-state index < -0.39 is 6.10 Å². The van der Waals surface area contributed by atoms with Gasteiger partial charge in [0.05, 0.1) is 25.4 Å². The van der Waals surface area contributed by atoms with Gasteiger partial charge in [-0.1, -0.05) is 23.4 Å². The fraction of sp³-hybridized carbons (Fsp3) is 0.529. The molecule has 2 aromatic rings. The third-order valence-corrected chi connectivity index (χ3v) is 4.18. The van der Waals surface area contributed by atoms with E-state index in [4.69, 9.17) is 9.26 Å². The van der Waals surface area contributed by atoms with Gasteiger partial charge in [0.15, 0.2) is 5.82 Å². The highest BCUT2D eigenvalue weighted by molar-refractivity contribution is 5.16. The van der Waals surface area contributed by atoms with Crippen molar-refractivity contribution in [1.29, 1.82) is 0 Å². The number of aromatic nitrogens is 2. The molecule has 0 amide bonds. The van der Waals surface area contributed by atoms with E-state index in [0.717, 1.165) is 19.4 Å². The number of ether oxygens (including phenoxy) is 1. The van der Waals surface area contributed by atoms with Gasteiger partial charge in [0.25, 0.3) is 0 Å². The maximum Gasteiger partial charge on any atom is 0.223 e. The predicted octanol–water partition coefficient (Wildman–Crippen LogP) is 2.23. The molecule has 6 nitrogen and oxygen atoms in total. The van der Waals surface area contributed by atoms with E-state index in [1.165, 1.54) is 6.07 Å². The van der Waals surface area contributed by atoms with Crippen molar-refractivity contribution in [3.8, 4) is 0 Å². The van der Waals surface area contributed by atoms with E-state index in [0.29, 0.717) is 23.8 Å². The van der Waals surface area contributed by atoms with Crippen LogP contribution in [0.25, 0.3) is 0 Å². The number of likely N-dealkylation sites (tertiary alicyclic amines) is 1. The smallest absolute Gasteiger partial charge is 0.223 e. The van der Waals surface area contributed by atoms with E-state index in [9.17, 15) is 9.50 Å². The van der Waals surface area contributed by atoms with Crippen LogP contribution in [0.3, 0.4) is 0 Å². The van der Waals surface area contributed by atoms with Crippen molar-refractivity contribution in [3.63, 3.8) is 0 Å². The second-order valence-electron chi connectivity index (χ2n) is 6.08. The van der Waals surface area contributed by atoms with E-state index in [1.54, 1.807) is 25.1 Å². The Morgan fingerprint density at radius 3 is 3.04 bits per heavy atom. The third kappa shape index (κ3) is 4.17. The Hall–Kier alpha value is -1.83. The van der Waals surface area contributed by atoms with Gasteiger partial charge in [0.1, 0.15) is 5.82 Å². The first-order valence-corrected chi connectivity index (χ1v) is 8.17. The molecule has 1 aliphatic rings. The van der Waals surface area contributed by atoms with Crippen molar-refractivity contribution in [2.45, 2.75) is 38.5 Å². The standard InChI is InChI=1S/C17H22FN3O3/c1-12-19-17(20-24-12)16-7-4-8-21(16)9-14(22)11-23-10-13-5-2-3-6-15(13)18/h2-3,5-6,14,16,22H,4,7-11H2,1H3/t14-,16-/m0/s1. The molecule has 1 fully saturated rings. The van der Waals surface area contributed by atoms with Gasteiger partial charge in [0, 0.05) is 19.0 Å². The summed E-state index contributed by atoms with van der Waals surface area (Å²) in [5.74, 6) is 0.925. The second-order valence-corrected chi connectivity index (χ2v) is 6.08. The molecule has 0 spiro atoms. The zero-order valence-electron chi connectivity index (χ0n) is 13.7. The van der Waals surface area contributed by atoms with Gasteiger partial charge in [-0.3, -0.25) is 4.90 Å². The monoisotopic (exact) mass is 335 g/mol. The quantitative estimate of drug-likeness (QED) is 0.837. The van der Waals surface area contributed by atoms with Crippen molar-refractivity contribution >= 4 is 0 Å². The second kappa shape index (κ2) is 7.83. The summed E-state index contributed by atoms with van der Waals surface area (Å²) in [7, 11) is 0. The van der Waals surface area contributed by atoms with Gasteiger partial charge < -0.3 is 14.4 Å². The summed E-state index contributed by atoms with van der Waals surface area (Å²) in [6.07, 6.45) is 1.33. The Bertz CT molecular complexity index is 664. The Morgan fingerprint density at radius 1 is 1.46 bits per heavy atom. The molecular formula is C17H22FN3O3. The van der Waals surface area contributed by atoms with Crippen LogP contribution in [0.15, 0.2) is 28.8 Å². The average Bonchev–Trinajstić information content (AvgIpc) is 3.18. The molecule has 3 rings (SSSR count). The van der Waals surface area contributed by atoms with Gasteiger partial charge >= 0.3 is 0 Å². The normalized spacial score (nSPS) is 19.7. The molecule has 1 aliphatic heterocycles. The SMILES string of the molecule is Cc1nc([C@@H]2CCCN2C[C@H](O)COCc2ccccc2F)no1. The first-order valence-electron chi connectivity index (χ1n) is 8.17. The molecule has 0 saturated carbocycles. The number of benzene rings is 1. The Labute approximate surface area is 140 Å². The lowest BCUT2D eigenvalue weighted by Crippen LogP contribution is -2.35. The fourth-order valence-corrected chi connectivity index (χ4v) is 3.03. The van der Waals surface area contributed by atoms with Crippen LogP contribution in [0.2, 0.25) is 0 Å². The van der Waals surface area contributed by atoms with Crippen LogP contribution in [0, 0.1) is 12.7 Å². The molecule has 1 N–H and O–H groups in total. The summed E-state index contributed by atoms with van der Waals surface area (Å²) in [5.41, 5.74) is 0.492. The van der Waals surface area contributed by atoms with Crippen molar-refractivity contribution in [2.24, 2.45) is 0 Å². The molecule has 0 radical (unpaired) electrons. The number of aliphatic hydroxyl groups excluding tert-OH is 1. The lowest BCUT2D eigenvalue weighted by Gasteiger charge is -2.24. The van der Waals surface area contributed by atoms with Crippen LogP contribution < -0.4 is 0 Å². The van der Waals surface area contributed by atoms with Crippen LogP contribution in [0.1, 0.15) is 36.2 Å². The number of β-amino-alcohol motifs (C(OH)–C–C–N with tert-alkyl or cyclic N) is 1. The van der Waals surface area contributed by atoms with Gasteiger partial charge in [0.2, 0.25) is 5.89 Å². The van der Waals surface area contributed by atoms with Crippen LogP contribution in [0.5, 0.6) is 0 Å². The van der Waals surface area contributed by atoms with Crippen molar-refractivity contribution in [1.82, 2.24) is 15.0 Å². The molecule has 2 atom stereocenters. The van der Waals surface area contributed by atoms with Crippen LogP contribution in [0.4, 0.5) is 4.39 Å². The molecule has 0 bridgehead atoms. The zero-order chi connectivity index (χ0) is 16.9. The lowest BCUT2D eigenvalue weighted by molar-refractivity contribution is 0.00637. The number of nitrogens with zero attached hydrogens (tertiary/aromatic N) is 3. The molecule has 1 aromatic heterocycles. The van der Waals surface area contributed by atoms with Crippen LogP contribution >= 0.6 is 0 Å². The Morgan fingerprint density at radius 2 is 2.29 bits per heavy atom. The van der Waals surface area contributed by atoms with E-state index >= 15 is 0 Å². The molecule has 24 heavy (non-hydrogen) atoms. The lowest BCUT2D eigenvalue weighted by atomic mass is 10.2. The first kappa shape index (κ1) is 17.0. The topological polar surface area (TPSA) is 71.6 Å². The maximum absolute atomic E-state index is 13.5. The number of halogens is 1. The number of aliphatic hydroxyl groups is 1. The highest BCUT2D eigenvalue weighted by Crippen LogP contribution is 2.30. The summed E-state index contributed by atoms with van der Waals surface area (Å²) in [6, 6.07) is 6.55. The van der Waals surface area contributed by atoms with Crippen molar-refractivity contribution in [2.75, 3.05) is 19.7 Å². The zero-order valence-corrected chi connectivity index (χ0v) is 13.7. The maximum atomic E-state index is 13.5. The summed E-state index contributed by atoms with van der Waals surface area (Å²) in [5, 5.41) is 14.2. The molecule has 1 saturated heterocycles. The third-order valence-electron chi connectivity index (χ3n) is 4.18. The first-order chi connectivity index (χ1) is 11.6. The van der Waals surface area contributed by atoms with Gasteiger partial charge in [-0.05, 0) is 25.5 Å². The summed E-state index contributed by atoms with van der Waals surface area (Å²) >= 11 is 0. The molecule has 2 heterocycles. The number of rotatable bonds is 7. The van der Waals surface area contributed by atoms with E-state index in [2.05, 4.69) is 15.0 Å². The minimum Gasteiger partial charge on any atom is -0.389 e. The molecule has 0 unspecified atom stereocenters. The van der Waals surface area contributed by atoms with Crippen LogP contribution in [-0.2, 0) is 11.3 Å². The number of aryl methyl sites for hydroxylation is 1. The predicted molar refractivity (Wildman–Crippen MR) is 84.6 cm³/mol. The number of hydrogen-bond donors (Lipinski definition) is 1. The Balaban J connectivity index is 1.47. The van der Waals surface area contributed by atoms with Gasteiger partial charge in [-0.2, -0.15) is 4.98 Å². The fourth-order valence-electron chi connectivity index (χ4n) is 3.03. The van der Waals surface area contributed by atoms with Crippen molar-refractivity contribution in [3.05, 3.63) is 47.4 Å². The number of hydrogen-bond acceptors (Lipinski definition) is 6. The molecule has 7 heteroatoms. The molecule has 0 aliphatic carbocycles. The highest BCUT2D eigenvalue weighted by Gasteiger charge is 2.30. The summed E-state index contributed by atoms with van der Waals surface area (Å²) in [4.78, 5) is 6.43. The Kier molecular flexibility index (Phi) is 5.55. The van der Waals surface area contributed by atoms with Crippen molar-refractivity contribution < 1.29 is 18.8 Å². The molecule has 1 aromatic carbocycles. The minimum absolute atomic E-state index is 0.0728. The highest BCUT2D eigenvalue weighted by atomic mass is 19.1. The largest absolute Gasteiger partial charge is 0.389 e.